The van der Waals surface area contributed by atoms with E-state index in [0.717, 1.165) is 6.07 Å². The number of amides is 1. The number of halogens is 1. The van der Waals surface area contributed by atoms with Crippen molar-refractivity contribution in [2.45, 2.75) is 13.0 Å². The van der Waals surface area contributed by atoms with Crippen molar-refractivity contribution < 1.29 is 24.0 Å². The lowest BCUT2D eigenvalue weighted by atomic mass is 10.2. The zero-order valence-corrected chi connectivity index (χ0v) is 17.0. The van der Waals surface area contributed by atoms with Crippen LogP contribution in [-0.2, 0) is 9.53 Å². The summed E-state index contributed by atoms with van der Waals surface area (Å²) in [6.45, 7) is 1.38. The van der Waals surface area contributed by atoms with E-state index in [2.05, 4.69) is 5.32 Å². The number of hydrogen-bond acceptors (Lipinski definition) is 6. The van der Waals surface area contributed by atoms with Crippen molar-refractivity contribution in [3.63, 3.8) is 0 Å². The first kappa shape index (κ1) is 21.8. The number of rotatable bonds is 7. The molecule has 0 saturated heterocycles. The number of para-hydroxylation sites is 1. The number of nitrogens with zero attached hydrogens (tertiary/aromatic N) is 1. The molecule has 0 radical (unpaired) electrons. The van der Waals surface area contributed by atoms with Crippen molar-refractivity contribution in [2.75, 3.05) is 5.32 Å². The summed E-state index contributed by atoms with van der Waals surface area (Å²) < 4.78 is 10.8. The number of ether oxygens (including phenoxy) is 2. The molecule has 1 atom stereocenters. The molecule has 0 heterocycles. The lowest BCUT2D eigenvalue weighted by Gasteiger charge is -2.14. The van der Waals surface area contributed by atoms with Crippen molar-refractivity contribution in [3.8, 4) is 11.5 Å². The van der Waals surface area contributed by atoms with Crippen LogP contribution in [0.4, 0.5) is 11.4 Å². The summed E-state index contributed by atoms with van der Waals surface area (Å²) in [6, 6.07) is 19.3. The third-order valence-electron chi connectivity index (χ3n) is 4.13. The van der Waals surface area contributed by atoms with Gasteiger partial charge in [0.1, 0.15) is 11.5 Å². The van der Waals surface area contributed by atoms with Gasteiger partial charge in [-0.25, -0.2) is 4.79 Å². The van der Waals surface area contributed by atoms with Crippen LogP contribution in [0.1, 0.15) is 17.3 Å². The molecule has 0 fully saturated rings. The fourth-order valence-corrected chi connectivity index (χ4v) is 2.73. The highest BCUT2D eigenvalue weighted by atomic mass is 35.5. The van der Waals surface area contributed by atoms with Crippen LogP contribution in [0.2, 0.25) is 5.02 Å². The Kier molecular flexibility index (Phi) is 6.84. The zero-order chi connectivity index (χ0) is 22.4. The topological polar surface area (TPSA) is 108 Å². The van der Waals surface area contributed by atoms with E-state index in [4.69, 9.17) is 21.1 Å². The standard InChI is InChI=1S/C22H17ClN2O6/c1-14(30-22(27)19-13-16(25(28)29)9-12-20(19)23)21(26)24-15-7-10-18(11-8-15)31-17-5-3-2-4-6-17/h2-14H,1H3,(H,24,26). The van der Waals surface area contributed by atoms with Crippen LogP contribution in [0.15, 0.2) is 72.8 Å². The van der Waals surface area contributed by atoms with E-state index >= 15 is 0 Å². The van der Waals surface area contributed by atoms with Gasteiger partial charge < -0.3 is 14.8 Å². The molecule has 3 aromatic rings. The molecular weight excluding hydrogens is 424 g/mol. The van der Waals surface area contributed by atoms with Crippen LogP contribution in [0.5, 0.6) is 11.5 Å². The number of benzene rings is 3. The molecule has 158 valence electrons. The van der Waals surface area contributed by atoms with E-state index in [9.17, 15) is 19.7 Å². The van der Waals surface area contributed by atoms with Crippen molar-refractivity contribution in [1.29, 1.82) is 0 Å². The van der Waals surface area contributed by atoms with Gasteiger partial charge in [0, 0.05) is 17.8 Å². The Hall–Kier alpha value is -3.91. The molecule has 3 aromatic carbocycles. The van der Waals surface area contributed by atoms with Crippen LogP contribution >= 0.6 is 11.6 Å². The lowest BCUT2D eigenvalue weighted by molar-refractivity contribution is -0.384. The molecule has 1 amide bonds. The van der Waals surface area contributed by atoms with Crippen molar-refractivity contribution >= 4 is 34.9 Å². The van der Waals surface area contributed by atoms with Crippen LogP contribution in [0.25, 0.3) is 0 Å². The van der Waals surface area contributed by atoms with E-state index in [-0.39, 0.29) is 16.3 Å². The summed E-state index contributed by atoms with van der Waals surface area (Å²) in [5.74, 6) is -0.252. The van der Waals surface area contributed by atoms with Gasteiger partial charge >= 0.3 is 5.97 Å². The van der Waals surface area contributed by atoms with Gasteiger partial charge in [-0.05, 0) is 49.4 Å². The molecule has 9 heteroatoms. The van der Waals surface area contributed by atoms with E-state index in [0.29, 0.717) is 17.2 Å². The van der Waals surface area contributed by atoms with E-state index < -0.39 is 22.9 Å². The molecule has 0 aliphatic heterocycles. The van der Waals surface area contributed by atoms with E-state index in [1.807, 2.05) is 30.3 Å². The molecular formula is C22H17ClN2O6. The fourth-order valence-electron chi connectivity index (χ4n) is 2.54. The summed E-state index contributed by atoms with van der Waals surface area (Å²) in [5.41, 5.74) is -0.0362. The van der Waals surface area contributed by atoms with Crippen molar-refractivity contribution in [3.05, 3.63) is 93.5 Å². The van der Waals surface area contributed by atoms with Crippen LogP contribution in [-0.4, -0.2) is 22.9 Å². The average molecular weight is 441 g/mol. The van der Waals surface area contributed by atoms with Gasteiger partial charge in [0.15, 0.2) is 6.10 Å². The zero-order valence-electron chi connectivity index (χ0n) is 16.3. The number of nitro groups is 1. The molecule has 0 spiro atoms. The first-order valence-corrected chi connectivity index (χ1v) is 9.50. The number of hydrogen-bond donors (Lipinski definition) is 1. The SMILES string of the molecule is CC(OC(=O)c1cc([N+](=O)[O-])ccc1Cl)C(=O)Nc1ccc(Oc2ccccc2)cc1. The number of carbonyl (C=O) groups is 2. The highest BCUT2D eigenvalue weighted by Gasteiger charge is 2.22. The maximum atomic E-state index is 12.4. The molecule has 3 rings (SSSR count). The quantitative estimate of drug-likeness (QED) is 0.306. The molecule has 0 bridgehead atoms. The van der Waals surface area contributed by atoms with Crippen LogP contribution in [0.3, 0.4) is 0 Å². The first-order valence-electron chi connectivity index (χ1n) is 9.12. The van der Waals surface area contributed by atoms with Gasteiger partial charge in [-0.1, -0.05) is 29.8 Å². The Labute approximate surface area is 182 Å². The molecule has 0 aliphatic rings. The second-order valence-corrected chi connectivity index (χ2v) is 6.80. The first-order chi connectivity index (χ1) is 14.8. The molecule has 0 aromatic heterocycles. The Morgan fingerprint density at radius 3 is 2.29 bits per heavy atom. The number of esters is 1. The van der Waals surface area contributed by atoms with Gasteiger partial charge in [0.05, 0.1) is 15.5 Å². The third kappa shape index (κ3) is 5.80. The molecule has 1 N–H and O–H groups in total. The number of nitro benzene ring substituents is 1. The summed E-state index contributed by atoms with van der Waals surface area (Å²) in [4.78, 5) is 34.9. The van der Waals surface area contributed by atoms with Crippen LogP contribution in [0, 0.1) is 10.1 Å². The minimum Gasteiger partial charge on any atom is -0.457 e. The van der Waals surface area contributed by atoms with Gasteiger partial charge in [-0.3, -0.25) is 14.9 Å². The summed E-state index contributed by atoms with van der Waals surface area (Å²) in [6.07, 6.45) is -1.16. The van der Waals surface area contributed by atoms with Gasteiger partial charge in [0.25, 0.3) is 11.6 Å². The Morgan fingerprint density at radius 2 is 1.65 bits per heavy atom. The highest BCUT2D eigenvalue weighted by Crippen LogP contribution is 2.24. The number of carbonyl (C=O) groups excluding carboxylic acids is 2. The molecule has 31 heavy (non-hydrogen) atoms. The van der Waals surface area contributed by atoms with Gasteiger partial charge in [0.2, 0.25) is 0 Å². The van der Waals surface area contributed by atoms with Crippen molar-refractivity contribution in [2.24, 2.45) is 0 Å². The third-order valence-corrected chi connectivity index (χ3v) is 4.46. The maximum Gasteiger partial charge on any atom is 0.340 e. The number of anilines is 1. The van der Waals surface area contributed by atoms with Crippen LogP contribution < -0.4 is 10.1 Å². The smallest absolute Gasteiger partial charge is 0.340 e. The molecule has 8 nitrogen and oxygen atoms in total. The highest BCUT2D eigenvalue weighted by molar-refractivity contribution is 6.33. The van der Waals surface area contributed by atoms with Crippen molar-refractivity contribution in [1.82, 2.24) is 0 Å². The van der Waals surface area contributed by atoms with Gasteiger partial charge in [-0.2, -0.15) is 0 Å². The second kappa shape index (κ2) is 9.73. The maximum absolute atomic E-state index is 12.4. The molecule has 0 aliphatic carbocycles. The normalized spacial score (nSPS) is 11.3. The predicted octanol–water partition coefficient (Wildman–Crippen LogP) is 5.22. The summed E-state index contributed by atoms with van der Waals surface area (Å²) >= 11 is 5.93. The number of non-ortho nitro benzene ring substituents is 1. The Balaban J connectivity index is 1.60. The largest absolute Gasteiger partial charge is 0.457 e. The second-order valence-electron chi connectivity index (χ2n) is 6.40. The van der Waals surface area contributed by atoms with E-state index in [1.54, 1.807) is 24.3 Å². The lowest BCUT2D eigenvalue weighted by Crippen LogP contribution is -2.30. The summed E-state index contributed by atoms with van der Waals surface area (Å²) in [5, 5.41) is 13.5. The molecule has 1 unspecified atom stereocenters. The minimum atomic E-state index is -1.16. The monoisotopic (exact) mass is 440 g/mol. The molecule has 0 saturated carbocycles. The fraction of sp³-hybridized carbons (Fsp3) is 0.0909. The Morgan fingerprint density at radius 1 is 1.00 bits per heavy atom. The van der Waals surface area contributed by atoms with Gasteiger partial charge in [-0.15, -0.1) is 0 Å². The Bertz CT molecular complexity index is 1100. The minimum absolute atomic E-state index is 0.0165. The average Bonchev–Trinajstić information content (AvgIpc) is 2.75. The number of nitrogens with one attached hydrogen (secondary N) is 1. The van der Waals surface area contributed by atoms with E-state index in [1.165, 1.54) is 19.1 Å². The predicted molar refractivity (Wildman–Crippen MR) is 115 cm³/mol. The summed E-state index contributed by atoms with van der Waals surface area (Å²) in [7, 11) is 0.